The maximum absolute atomic E-state index is 8.96. The van der Waals surface area contributed by atoms with E-state index in [1.54, 1.807) is 0 Å². The summed E-state index contributed by atoms with van der Waals surface area (Å²) >= 11 is 5.99. The predicted molar refractivity (Wildman–Crippen MR) is 94.1 cm³/mol. The molecule has 0 bridgehead atoms. The molecule has 1 aromatic rings. The Hall–Kier alpha value is -1.85. The van der Waals surface area contributed by atoms with E-state index in [4.69, 9.17) is 22.1 Å². The lowest BCUT2D eigenvalue weighted by Gasteiger charge is -2.22. The van der Waals surface area contributed by atoms with Gasteiger partial charge in [0, 0.05) is 6.54 Å². The van der Waals surface area contributed by atoms with Crippen LogP contribution in [0.2, 0.25) is 5.15 Å². The van der Waals surface area contributed by atoms with Crippen LogP contribution >= 0.6 is 11.6 Å². The minimum absolute atomic E-state index is 0.00715. The molecule has 1 heterocycles. The molecule has 6 heteroatoms. The molecule has 126 valence electrons. The van der Waals surface area contributed by atoms with Gasteiger partial charge in [-0.3, -0.25) is 0 Å². The van der Waals surface area contributed by atoms with Crippen LogP contribution in [-0.2, 0) is 0 Å². The summed E-state index contributed by atoms with van der Waals surface area (Å²) in [4.78, 5) is 7.96. The highest BCUT2D eigenvalue weighted by Crippen LogP contribution is 2.22. The largest absolute Gasteiger partial charge is 0.367 e. The standard InChI is InChI=1S/C15H20ClN5.C2H6/c1-9(2)5-10(3)11(4)8-19-15-14(16)20-12(6-17)13(7-18)21-15;1-2/h9-11H,5,8H2,1-4H3,(H,19,21);1-2H3. The molecule has 5 nitrogen and oxygen atoms in total. The number of halogens is 1. The van der Waals surface area contributed by atoms with E-state index in [1.165, 1.54) is 0 Å². The molecule has 23 heavy (non-hydrogen) atoms. The molecule has 1 rings (SSSR count). The minimum atomic E-state index is -0.0470. The smallest absolute Gasteiger partial charge is 0.179 e. The number of nitriles is 2. The SMILES string of the molecule is CC.CC(C)CC(C)C(C)CNc1nc(C#N)c(C#N)nc1Cl. The summed E-state index contributed by atoms with van der Waals surface area (Å²) in [5, 5.41) is 21.1. The predicted octanol–water partition coefficient (Wildman–Crippen LogP) is 4.63. The fourth-order valence-electron chi connectivity index (χ4n) is 2.12. The molecule has 1 N–H and O–H groups in total. The van der Waals surface area contributed by atoms with Gasteiger partial charge in [0.1, 0.15) is 12.1 Å². The van der Waals surface area contributed by atoms with Crippen molar-refractivity contribution in [2.45, 2.75) is 48.0 Å². The third kappa shape index (κ3) is 6.84. The van der Waals surface area contributed by atoms with Crippen molar-refractivity contribution < 1.29 is 0 Å². The highest BCUT2D eigenvalue weighted by Gasteiger charge is 2.16. The lowest BCUT2D eigenvalue weighted by molar-refractivity contribution is 0.335. The second kappa shape index (κ2) is 10.8. The quantitative estimate of drug-likeness (QED) is 0.819. The maximum atomic E-state index is 8.96. The fraction of sp³-hybridized carbons (Fsp3) is 0.647. The second-order valence-corrected chi connectivity index (χ2v) is 6.11. The van der Waals surface area contributed by atoms with Crippen molar-refractivity contribution in [1.29, 1.82) is 10.5 Å². The Morgan fingerprint density at radius 1 is 1.00 bits per heavy atom. The Morgan fingerprint density at radius 3 is 2.00 bits per heavy atom. The zero-order valence-corrected chi connectivity index (χ0v) is 15.6. The molecular formula is C17H26ClN5. The fourth-order valence-corrected chi connectivity index (χ4v) is 2.31. The van der Waals surface area contributed by atoms with Gasteiger partial charge in [-0.05, 0) is 24.2 Å². The molecule has 0 spiro atoms. The Morgan fingerprint density at radius 2 is 1.52 bits per heavy atom. The van der Waals surface area contributed by atoms with Gasteiger partial charge in [-0.15, -0.1) is 0 Å². The molecule has 0 aromatic carbocycles. The average molecular weight is 336 g/mol. The molecule has 0 aliphatic rings. The van der Waals surface area contributed by atoms with Gasteiger partial charge in [-0.25, -0.2) is 9.97 Å². The van der Waals surface area contributed by atoms with E-state index >= 15 is 0 Å². The van der Waals surface area contributed by atoms with Crippen LogP contribution < -0.4 is 5.32 Å². The van der Waals surface area contributed by atoms with Gasteiger partial charge in [-0.2, -0.15) is 10.5 Å². The van der Waals surface area contributed by atoms with Gasteiger partial charge in [0.05, 0.1) is 0 Å². The summed E-state index contributed by atoms with van der Waals surface area (Å²) in [5.74, 6) is 2.02. The lowest BCUT2D eigenvalue weighted by atomic mass is 9.88. The first-order chi connectivity index (χ1) is 10.9. The zero-order valence-electron chi connectivity index (χ0n) is 14.8. The van der Waals surface area contributed by atoms with E-state index in [0.717, 1.165) is 6.42 Å². The van der Waals surface area contributed by atoms with E-state index in [0.29, 0.717) is 30.1 Å². The topological polar surface area (TPSA) is 85.4 Å². The lowest BCUT2D eigenvalue weighted by Crippen LogP contribution is -2.20. The van der Waals surface area contributed by atoms with Crippen LogP contribution in [0.3, 0.4) is 0 Å². The Bertz CT molecular complexity index is 572. The highest BCUT2D eigenvalue weighted by molar-refractivity contribution is 6.31. The highest BCUT2D eigenvalue weighted by atomic mass is 35.5. The third-order valence-corrected chi connectivity index (χ3v) is 3.73. The summed E-state index contributed by atoms with van der Waals surface area (Å²) in [5.41, 5.74) is -0.0541. The molecule has 2 atom stereocenters. The van der Waals surface area contributed by atoms with Crippen molar-refractivity contribution in [3.63, 3.8) is 0 Å². The molecule has 0 radical (unpaired) electrons. The van der Waals surface area contributed by atoms with Gasteiger partial charge >= 0.3 is 0 Å². The van der Waals surface area contributed by atoms with E-state index in [9.17, 15) is 0 Å². The van der Waals surface area contributed by atoms with Crippen molar-refractivity contribution in [3.05, 3.63) is 16.5 Å². The maximum Gasteiger partial charge on any atom is 0.179 e. The molecule has 0 aliphatic heterocycles. The van der Waals surface area contributed by atoms with E-state index in [1.807, 2.05) is 26.0 Å². The van der Waals surface area contributed by atoms with Crippen LogP contribution in [-0.4, -0.2) is 16.5 Å². The van der Waals surface area contributed by atoms with Gasteiger partial charge < -0.3 is 5.32 Å². The molecule has 0 saturated carbocycles. The summed E-state index contributed by atoms with van der Waals surface area (Å²) in [6, 6.07) is 3.67. The molecule has 0 fully saturated rings. The Kier molecular flexibility index (Phi) is 9.94. The average Bonchev–Trinajstić information content (AvgIpc) is 2.54. The number of aromatic nitrogens is 2. The van der Waals surface area contributed by atoms with E-state index in [-0.39, 0.29) is 16.5 Å². The first-order valence-electron chi connectivity index (χ1n) is 8.00. The summed E-state index contributed by atoms with van der Waals surface area (Å²) in [6.45, 7) is 13.5. The number of hydrogen-bond acceptors (Lipinski definition) is 5. The molecular weight excluding hydrogens is 310 g/mol. The van der Waals surface area contributed by atoms with Gasteiger partial charge in [-0.1, -0.05) is 53.1 Å². The van der Waals surface area contributed by atoms with Crippen LogP contribution in [0, 0.1) is 40.4 Å². The minimum Gasteiger partial charge on any atom is -0.367 e. The summed E-state index contributed by atoms with van der Waals surface area (Å²) in [7, 11) is 0. The van der Waals surface area contributed by atoms with Crippen molar-refractivity contribution in [3.8, 4) is 12.1 Å². The van der Waals surface area contributed by atoms with Gasteiger partial charge in [0.25, 0.3) is 0 Å². The van der Waals surface area contributed by atoms with Crippen molar-refractivity contribution in [2.75, 3.05) is 11.9 Å². The van der Waals surface area contributed by atoms with Crippen molar-refractivity contribution >= 4 is 17.4 Å². The second-order valence-electron chi connectivity index (χ2n) is 5.75. The zero-order chi connectivity index (χ0) is 18.0. The van der Waals surface area contributed by atoms with E-state index < -0.39 is 0 Å². The molecule has 2 unspecified atom stereocenters. The number of nitrogens with zero attached hydrogens (tertiary/aromatic N) is 4. The number of anilines is 1. The van der Waals surface area contributed by atoms with Crippen LogP contribution in [0.15, 0.2) is 0 Å². The number of nitrogens with one attached hydrogen (secondary N) is 1. The summed E-state index contributed by atoms with van der Waals surface area (Å²) < 4.78 is 0. The van der Waals surface area contributed by atoms with Crippen molar-refractivity contribution in [2.24, 2.45) is 17.8 Å². The monoisotopic (exact) mass is 335 g/mol. The van der Waals surface area contributed by atoms with Crippen LogP contribution in [0.1, 0.15) is 59.4 Å². The molecule has 1 aromatic heterocycles. The Labute approximate surface area is 144 Å². The number of hydrogen-bond donors (Lipinski definition) is 1. The van der Waals surface area contributed by atoms with Crippen LogP contribution in [0.25, 0.3) is 0 Å². The first-order valence-corrected chi connectivity index (χ1v) is 8.38. The summed E-state index contributed by atoms with van der Waals surface area (Å²) in [6.07, 6.45) is 1.15. The van der Waals surface area contributed by atoms with Crippen LogP contribution in [0.5, 0.6) is 0 Å². The van der Waals surface area contributed by atoms with Crippen molar-refractivity contribution in [1.82, 2.24) is 9.97 Å². The van der Waals surface area contributed by atoms with Crippen LogP contribution in [0.4, 0.5) is 5.82 Å². The Balaban J connectivity index is 0.00000232. The van der Waals surface area contributed by atoms with Gasteiger partial charge in [0.2, 0.25) is 0 Å². The molecule has 0 aliphatic carbocycles. The molecule has 0 amide bonds. The first kappa shape index (κ1) is 21.1. The molecule has 0 saturated heterocycles. The third-order valence-electron chi connectivity index (χ3n) is 3.47. The normalized spacial score (nSPS) is 12.4. The van der Waals surface area contributed by atoms with Gasteiger partial charge in [0.15, 0.2) is 22.4 Å². The number of rotatable bonds is 6. The van der Waals surface area contributed by atoms with E-state index in [2.05, 4.69) is 43.0 Å².